The van der Waals surface area contributed by atoms with E-state index < -0.39 is 0 Å². The Labute approximate surface area is 93.8 Å². The highest BCUT2D eigenvalue weighted by molar-refractivity contribution is 5.51. The van der Waals surface area contributed by atoms with Crippen LogP contribution in [0.15, 0.2) is 24.3 Å². The Bertz CT molecular complexity index is 377. The van der Waals surface area contributed by atoms with Gasteiger partial charge < -0.3 is 9.64 Å². The molecule has 1 atom stereocenters. The van der Waals surface area contributed by atoms with Crippen LogP contribution in [0.1, 0.15) is 6.92 Å². The number of non-ortho nitro benzene ring substituents is 1. The van der Waals surface area contributed by atoms with Crippen molar-refractivity contribution in [2.24, 2.45) is 0 Å². The Kier molecular flexibility index (Phi) is 3.05. The van der Waals surface area contributed by atoms with Crippen LogP contribution >= 0.6 is 0 Å². The third kappa shape index (κ3) is 2.14. The lowest BCUT2D eigenvalue weighted by atomic mass is 10.2. The molecule has 0 radical (unpaired) electrons. The zero-order valence-corrected chi connectivity index (χ0v) is 9.13. The van der Waals surface area contributed by atoms with Gasteiger partial charge in [-0.15, -0.1) is 0 Å². The van der Waals surface area contributed by atoms with E-state index in [1.165, 1.54) is 12.1 Å². The van der Waals surface area contributed by atoms with Crippen molar-refractivity contribution >= 4 is 11.4 Å². The summed E-state index contributed by atoms with van der Waals surface area (Å²) < 4.78 is 5.35. The topological polar surface area (TPSA) is 55.6 Å². The molecule has 2 rings (SSSR count). The summed E-state index contributed by atoms with van der Waals surface area (Å²) >= 11 is 0. The molecule has 1 aromatic rings. The highest BCUT2D eigenvalue weighted by Crippen LogP contribution is 2.22. The number of benzene rings is 1. The van der Waals surface area contributed by atoms with Gasteiger partial charge in [0.05, 0.1) is 18.1 Å². The van der Waals surface area contributed by atoms with E-state index in [1.54, 1.807) is 12.1 Å². The molecule has 1 aliphatic heterocycles. The normalized spacial score (nSPS) is 20.8. The lowest BCUT2D eigenvalue weighted by Crippen LogP contribution is -2.43. The molecule has 5 nitrogen and oxygen atoms in total. The molecule has 0 amide bonds. The second-order valence-electron chi connectivity index (χ2n) is 3.89. The largest absolute Gasteiger partial charge is 0.377 e. The highest BCUT2D eigenvalue weighted by Gasteiger charge is 2.19. The monoisotopic (exact) mass is 222 g/mol. The van der Waals surface area contributed by atoms with Gasteiger partial charge in [0, 0.05) is 30.4 Å². The molecule has 0 aliphatic carbocycles. The average molecular weight is 222 g/mol. The van der Waals surface area contributed by atoms with Gasteiger partial charge in [0.15, 0.2) is 0 Å². The maximum Gasteiger partial charge on any atom is 0.269 e. The van der Waals surface area contributed by atoms with Crippen LogP contribution in [-0.4, -0.2) is 30.7 Å². The van der Waals surface area contributed by atoms with Crippen molar-refractivity contribution in [3.63, 3.8) is 0 Å². The fourth-order valence-electron chi connectivity index (χ4n) is 1.88. The maximum absolute atomic E-state index is 10.5. The Balaban J connectivity index is 2.17. The minimum Gasteiger partial charge on any atom is -0.377 e. The van der Waals surface area contributed by atoms with Crippen molar-refractivity contribution in [3.8, 4) is 0 Å². The molecule has 0 aromatic heterocycles. The van der Waals surface area contributed by atoms with Gasteiger partial charge in [0.25, 0.3) is 5.69 Å². The summed E-state index contributed by atoms with van der Waals surface area (Å²) in [6.07, 6.45) is 0. The minimum atomic E-state index is -0.382. The van der Waals surface area contributed by atoms with Crippen LogP contribution in [-0.2, 0) is 4.74 Å². The van der Waals surface area contributed by atoms with Gasteiger partial charge in [0.2, 0.25) is 0 Å². The number of ether oxygens (including phenoxy) is 1. The standard InChI is InChI=1S/C11H14N2O3/c1-9-8-16-7-6-12(9)10-2-4-11(5-3-10)13(14)15/h2-5,9H,6-8H2,1H3/t9-/m1/s1. The molecule has 16 heavy (non-hydrogen) atoms. The zero-order valence-electron chi connectivity index (χ0n) is 9.13. The first-order chi connectivity index (χ1) is 7.68. The molecule has 1 heterocycles. The van der Waals surface area contributed by atoms with Crippen molar-refractivity contribution in [1.29, 1.82) is 0 Å². The van der Waals surface area contributed by atoms with Crippen molar-refractivity contribution in [2.75, 3.05) is 24.7 Å². The van der Waals surface area contributed by atoms with Crippen LogP contribution in [0.4, 0.5) is 11.4 Å². The third-order valence-electron chi connectivity index (χ3n) is 2.76. The maximum atomic E-state index is 10.5. The van der Waals surface area contributed by atoms with Gasteiger partial charge >= 0.3 is 0 Å². The van der Waals surface area contributed by atoms with Gasteiger partial charge in [-0.3, -0.25) is 10.1 Å². The van der Waals surface area contributed by atoms with E-state index in [0.29, 0.717) is 19.3 Å². The van der Waals surface area contributed by atoms with Crippen molar-refractivity contribution in [3.05, 3.63) is 34.4 Å². The zero-order chi connectivity index (χ0) is 11.5. The fraction of sp³-hybridized carbons (Fsp3) is 0.455. The number of morpholine rings is 1. The quantitative estimate of drug-likeness (QED) is 0.565. The van der Waals surface area contributed by atoms with Crippen molar-refractivity contribution < 1.29 is 9.66 Å². The first kappa shape index (κ1) is 10.9. The van der Waals surface area contributed by atoms with Crippen LogP contribution in [0.25, 0.3) is 0 Å². The Morgan fingerprint density at radius 1 is 1.44 bits per heavy atom. The molecule has 0 spiro atoms. The molecule has 1 saturated heterocycles. The summed E-state index contributed by atoms with van der Waals surface area (Å²) in [7, 11) is 0. The number of hydrogen-bond donors (Lipinski definition) is 0. The molecule has 1 aliphatic rings. The van der Waals surface area contributed by atoms with Gasteiger partial charge in [0.1, 0.15) is 0 Å². The van der Waals surface area contributed by atoms with Gasteiger partial charge in [-0.2, -0.15) is 0 Å². The Morgan fingerprint density at radius 2 is 2.12 bits per heavy atom. The van der Waals surface area contributed by atoms with Crippen LogP contribution in [0, 0.1) is 10.1 Å². The lowest BCUT2D eigenvalue weighted by molar-refractivity contribution is -0.384. The number of nitrogens with zero attached hydrogens (tertiary/aromatic N) is 2. The molecular weight excluding hydrogens is 208 g/mol. The van der Waals surface area contributed by atoms with E-state index in [-0.39, 0.29) is 10.6 Å². The number of anilines is 1. The first-order valence-corrected chi connectivity index (χ1v) is 5.27. The van der Waals surface area contributed by atoms with Gasteiger partial charge in [-0.05, 0) is 19.1 Å². The van der Waals surface area contributed by atoms with E-state index in [0.717, 1.165) is 12.2 Å². The number of nitro benzene ring substituents is 1. The molecule has 0 saturated carbocycles. The van der Waals surface area contributed by atoms with Gasteiger partial charge in [-0.1, -0.05) is 0 Å². The number of hydrogen-bond acceptors (Lipinski definition) is 4. The predicted molar refractivity (Wildman–Crippen MR) is 60.7 cm³/mol. The molecule has 1 aromatic carbocycles. The van der Waals surface area contributed by atoms with E-state index in [1.807, 2.05) is 0 Å². The summed E-state index contributed by atoms with van der Waals surface area (Å²) in [5, 5.41) is 10.5. The average Bonchev–Trinajstić information content (AvgIpc) is 2.30. The lowest BCUT2D eigenvalue weighted by Gasteiger charge is -2.35. The summed E-state index contributed by atoms with van der Waals surface area (Å²) in [6, 6.07) is 6.98. The molecular formula is C11H14N2O3. The minimum absolute atomic E-state index is 0.129. The smallest absolute Gasteiger partial charge is 0.269 e. The molecule has 86 valence electrons. The number of rotatable bonds is 2. The van der Waals surface area contributed by atoms with E-state index in [2.05, 4.69) is 11.8 Å². The second kappa shape index (κ2) is 4.49. The van der Waals surface area contributed by atoms with Crippen LogP contribution in [0.2, 0.25) is 0 Å². The van der Waals surface area contributed by atoms with Gasteiger partial charge in [-0.25, -0.2) is 0 Å². The summed E-state index contributed by atoms with van der Waals surface area (Å²) in [4.78, 5) is 12.3. The molecule has 0 unspecified atom stereocenters. The fourth-order valence-corrected chi connectivity index (χ4v) is 1.88. The molecule has 0 bridgehead atoms. The SMILES string of the molecule is C[C@@H]1COCCN1c1ccc([N+](=O)[O-])cc1. The summed E-state index contributed by atoms with van der Waals surface area (Å²) in [6.45, 7) is 4.33. The van der Waals surface area contributed by atoms with E-state index >= 15 is 0 Å². The summed E-state index contributed by atoms with van der Waals surface area (Å²) in [5.74, 6) is 0. The predicted octanol–water partition coefficient (Wildman–Crippen LogP) is 1.82. The van der Waals surface area contributed by atoms with E-state index in [4.69, 9.17) is 4.74 Å². The Hall–Kier alpha value is -1.62. The van der Waals surface area contributed by atoms with Crippen molar-refractivity contribution in [1.82, 2.24) is 0 Å². The molecule has 1 fully saturated rings. The van der Waals surface area contributed by atoms with Crippen LogP contribution in [0.5, 0.6) is 0 Å². The van der Waals surface area contributed by atoms with Crippen LogP contribution < -0.4 is 4.90 Å². The third-order valence-corrected chi connectivity index (χ3v) is 2.76. The molecule has 5 heteroatoms. The Morgan fingerprint density at radius 3 is 2.69 bits per heavy atom. The summed E-state index contributed by atoms with van der Waals surface area (Å²) in [5.41, 5.74) is 1.14. The number of nitro groups is 1. The first-order valence-electron chi connectivity index (χ1n) is 5.27. The molecule has 0 N–H and O–H groups in total. The van der Waals surface area contributed by atoms with E-state index in [9.17, 15) is 10.1 Å². The van der Waals surface area contributed by atoms with Crippen molar-refractivity contribution in [2.45, 2.75) is 13.0 Å². The highest BCUT2D eigenvalue weighted by atomic mass is 16.6. The second-order valence-corrected chi connectivity index (χ2v) is 3.89. The van der Waals surface area contributed by atoms with Crippen LogP contribution in [0.3, 0.4) is 0 Å².